The number of aliphatic hydroxyl groups is 2. The first-order valence-electron chi connectivity index (χ1n) is 9.08. The highest BCUT2D eigenvalue weighted by Crippen LogP contribution is 2.33. The molecule has 0 aromatic heterocycles. The zero-order valence-corrected chi connectivity index (χ0v) is 14.4. The monoisotopic (exact) mass is 316 g/mol. The normalized spacial score (nSPS) is 11.8. The van der Waals surface area contributed by atoms with Crippen molar-refractivity contribution in [2.24, 2.45) is 5.41 Å². The van der Waals surface area contributed by atoms with E-state index >= 15 is 0 Å². The molecule has 0 saturated carbocycles. The van der Waals surface area contributed by atoms with E-state index in [4.69, 9.17) is 10.2 Å². The van der Waals surface area contributed by atoms with E-state index in [9.17, 15) is 9.90 Å². The first kappa shape index (κ1) is 21.4. The van der Waals surface area contributed by atoms with Crippen LogP contribution in [-0.2, 0) is 4.79 Å². The van der Waals surface area contributed by atoms with Gasteiger partial charge in [-0.05, 0) is 19.3 Å². The molecule has 3 N–H and O–H groups in total. The van der Waals surface area contributed by atoms with Crippen LogP contribution in [-0.4, -0.2) is 34.5 Å². The second-order valence-corrected chi connectivity index (χ2v) is 6.46. The molecule has 0 fully saturated rings. The number of hydrogen-bond donors (Lipinski definition) is 3. The van der Waals surface area contributed by atoms with Crippen LogP contribution in [0, 0.1) is 5.41 Å². The van der Waals surface area contributed by atoms with Gasteiger partial charge in [0.05, 0.1) is 5.41 Å². The third-order valence-electron chi connectivity index (χ3n) is 4.64. The van der Waals surface area contributed by atoms with E-state index in [1.807, 2.05) is 0 Å². The maximum Gasteiger partial charge on any atom is 0.309 e. The Balaban J connectivity index is 3.78. The highest BCUT2D eigenvalue weighted by atomic mass is 16.4. The number of carbonyl (C=O) groups is 1. The summed E-state index contributed by atoms with van der Waals surface area (Å²) >= 11 is 0. The number of unbranched alkanes of at least 4 members (excludes halogenated alkanes) is 9. The molecule has 0 radical (unpaired) electrons. The second kappa shape index (κ2) is 14.0. The molecule has 4 nitrogen and oxygen atoms in total. The minimum atomic E-state index is -0.941. The predicted octanol–water partition coefficient (Wildman–Crippen LogP) is 4.13. The number of hydrogen-bond acceptors (Lipinski definition) is 3. The molecule has 0 heterocycles. The SMILES string of the molecule is CCCCCCCCCCCCC(CCO)(CCO)C(=O)O. The molecule has 0 rings (SSSR count). The summed E-state index contributed by atoms with van der Waals surface area (Å²) in [6, 6.07) is 0. The number of carboxylic acid groups (broad SMARTS) is 1. The van der Waals surface area contributed by atoms with Gasteiger partial charge in [-0.1, -0.05) is 71.1 Å². The topological polar surface area (TPSA) is 77.8 Å². The molecular weight excluding hydrogens is 280 g/mol. The zero-order valence-electron chi connectivity index (χ0n) is 14.4. The van der Waals surface area contributed by atoms with Crippen molar-refractivity contribution in [1.82, 2.24) is 0 Å². The first-order valence-corrected chi connectivity index (χ1v) is 9.08. The number of aliphatic hydroxyl groups excluding tert-OH is 2. The van der Waals surface area contributed by atoms with Crippen LogP contribution in [0.4, 0.5) is 0 Å². The molecule has 0 spiro atoms. The molecule has 0 aliphatic rings. The Morgan fingerprint density at radius 1 is 0.727 bits per heavy atom. The van der Waals surface area contributed by atoms with Crippen molar-refractivity contribution in [3.8, 4) is 0 Å². The van der Waals surface area contributed by atoms with E-state index in [2.05, 4.69) is 6.92 Å². The van der Waals surface area contributed by atoms with E-state index in [1.54, 1.807) is 0 Å². The van der Waals surface area contributed by atoms with Crippen molar-refractivity contribution in [3.05, 3.63) is 0 Å². The summed E-state index contributed by atoms with van der Waals surface area (Å²) < 4.78 is 0. The van der Waals surface area contributed by atoms with Crippen molar-refractivity contribution >= 4 is 5.97 Å². The largest absolute Gasteiger partial charge is 0.481 e. The van der Waals surface area contributed by atoms with Crippen molar-refractivity contribution < 1.29 is 20.1 Å². The minimum Gasteiger partial charge on any atom is -0.481 e. The Morgan fingerprint density at radius 2 is 1.14 bits per heavy atom. The van der Waals surface area contributed by atoms with Crippen LogP contribution in [0.25, 0.3) is 0 Å². The molecule has 0 aliphatic carbocycles. The van der Waals surface area contributed by atoms with Gasteiger partial charge < -0.3 is 15.3 Å². The van der Waals surface area contributed by atoms with Gasteiger partial charge in [0.2, 0.25) is 0 Å². The van der Waals surface area contributed by atoms with Crippen molar-refractivity contribution in [1.29, 1.82) is 0 Å². The van der Waals surface area contributed by atoms with Gasteiger partial charge in [-0.2, -0.15) is 0 Å². The summed E-state index contributed by atoms with van der Waals surface area (Å²) in [6.07, 6.45) is 13.2. The van der Waals surface area contributed by atoms with Gasteiger partial charge >= 0.3 is 5.97 Å². The van der Waals surface area contributed by atoms with Gasteiger partial charge in [-0.3, -0.25) is 4.79 Å². The third kappa shape index (κ3) is 9.42. The Bertz CT molecular complexity index is 260. The van der Waals surface area contributed by atoms with Crippen LogP contribution in [0.15, 0.2) is 0 Å². The van der Waals surface area contributed by atoms with Gasteiger partial charge in [-0.25, -0.2) is 0 Å². The number of carboxylic acids is 1. The highest BCUT2D eigenvalue weighted by Gasteiger charge is 2.36. The first-order chi connectivity index (χ1) is 10.6. The quantitative estimate of drug-likeness (QED) is 0.374. The molecule has 0 amide bonds. The third-order valence-corrected chi connectivity index (χ3v) is 4.64. The van der Waals surface area contributed by atoms with Crippen LogP contribution in [0.3, 0.4) is 0 Å². The Hall–Kier alpha value is -0.610. The van der Waals surface area contributed by atoms with Crippen LogP contribution in [0.5, 0.6) is 0 Å². The van der Waals surface area contributed by atoms with E-state index in [0.717, 1.165) is 19.3 Å². The average molecular weight is 316 g/mol. The lowest BCUT2D eigenvalue weighted by atomic mass is 9.77. The molecule has 0 atom stereocenters. The van der Waals surface area contributed by atoms with Crippen LogP contribution >= 0.6 is 0 Å². The molecule has 22 heavy (non-hydrogen) atoms. The Morgan fingerprint density at radius 3 is 1.50 bits per heavy atom. The smallest absolute Gasteiger partial charge is 0.309 e. The molecule has 0 unspecified atom stereocenters. The van der Waals surface area contributed by atoms with E-state index in [1.165, 1.54) is 44.9 Å². The zero-order chi connectivity index (χ0) is 16.7. The summed E-state index contributed by atoms with van der Waals surface area (Å²) in [4.78, 5) is 11.5. The fourth-order valence-electron chi connectivity index (χ4n) is 3.07. The Labute approximate surface area is 135 Å². The standard InChI is InChI=1S/C18H36O4/c1-2-3-4-5-6-7-8-9-10-11-12-18(13-15-19,14-16-20)17(21)22/h19-20H,2-16H2,1H3,(H,21,22). The van der Waals surface area contributed by atoms with E-state index in [0.29, 0.717) is 6.42 Å². The molecule has 132 valence electrons. The van der Waals surface area contributed by atoms with Gasteiger partial charge in [0.15, 0.2) is 0 Å². The summed E-state index contributed by atoms with van der Waals surface area (Å²) in [5.74, 6) is -0.883. The average Bonchev–Trinajstić information content (AvgIpc) is 2.49. The van der Waals surface area contributed by atoms with Gasteiger partial charge in [0, 0.05) is 13.2 Å². The number of aliphatic carboxylic acids is 1. The highest BCUT2D eigenvalue weighted by molar-refractivity contribution is 5.74. The van der Waals surface area contributed by atoms with E-state index in [-0.39, 0.29) is 26.1 Å². The molecule has 0 aromatic rings. The lowest BCUT2D eigenvalue weighted by Gasteiger charge is -2.28. The second-order valence-electron chi connectivity index (χ2n) is 6.46. The van der Waals surface area contributed by atoms with Crippen LogP contribution in [0.2, 0.25) is 0 Å². The van der Waals surface area contributed by atoms with Crippen molar-refractivity contribution in [3.63, 3.8) is 0 Å². The van der Waals surface area contributed by atoms with Gasteiger partial charge in [-0.15, -0.1) is 0 Å². The summed E-state index contributed by atoms with van der Waals surface area (Å²) in [5, 5.41) is 27.6. The van der Waals surface area contributed by atoms with Crippen LogP contribution < -0.4 is 0 Å². The molecule has 0 aromatic carbocycles. The lowest BCUT2D eigenvalue weighted by molar-refractivity contribution is -0.151. The summed E-state index contributed by atoms with van der Waals surface area (Å²) in [5.41, 5.74) is -0.941. The molecule has 0 saturated heterocycles. The summed E-state index contributed by atoms with van der Waals surface area (Å²) in [7, 11) is 0. The predicted molar refractivity (Wildman–Crippen MR) is 89.9 cm³/mol. The molecule has 0 aliphatic heterocycles. The van der Waals surface area contributed by atoms with Crippen molar-refractivity contribution in [2.45, 2.75) is 90.4 Å². The number of rotatable bonds is 16. The molecule has 0 bridgehead atoms. The Kier molecular flexibility index (Phi) is 13.6. The fraction of sp³-hybridized carbons (Fsp3) is 0.944. The van der Waals surface area contributed by atoms with Gasteiger partial charge in [0.25, 0.3) is 0 Å². The maximum atomic E-state index is 11.5. The lowest BCUT2D eigenvalue weighted by Crippen LogP contribution is -2.33. The van der Waals surface area contributed by atoms with Crippen LogP contribution in [0.1, 0.15) is 90.4 Å². The van der Waals surface area contributed by atoms with Gasteiger partial charge in [0.1, 0.15) is 0 Å². The minimum absolute atomic E-state index is 0.135. The van der Waals surface area contributed by atoms with E-state index < -0.39 is 11.4 Å². The fourth-order valence-corrected chi connectivity index (χ4v) is 3.07. The van der Waals surface area contributed by atoms with Crippen molar-refractivity contribution in [2.75, 3.05) is 13.2 Å². The summed E-state index contributed by atoms with van der Waals surface area (Å²) in [6.45, 7) is 1.96. The molecule has 4 heteroatoms. The maximum absolute atomic E-state index is 11.5. The molecular formula is C18H36O4.